The molecule has 4 aliphatic rings. The zero-order valence-corrected chi connectivity index (χ0v) is 18.3. The number of hydrogen-bond donors (Lipinski definition) is 4. The van der Waals surface area contributed by atoms with Gasteiger partial charge < -0.3 is 20.0 Å². The normalized spacial score (nSPS) is 46.7. The fourth-order valence-corrected chi connectivity index (χ4v) is 7.22. The molecule has 7 atom stereocenters. The summed E-state index contributed by atoms with van der Waals surface area (Å²) in [5.74, 6) is -2.19. The van der Waals surface area contributed by atoms with Gasteiger partial charge in [0.25, 0.3) is 0 Å². The van der Waals surface area contributed by atoms with Crippen LogP contribution in [0, 0.1) is 22.7 Å². The first-order valence-corrected chi connectivity index (χ1v) is 12.0. The maximum atomic E-state index is 16.9. The quantitative estimate of drug-likeness (QED) is 0.467. The molecule has 0 aromatic rings. The molecule has 0 unspecified atom stereocenters. The van der Waals surface area contributed by atoms with E-state index in [9.17, 15) is 24.4 Å². The van der Waals surface area contributed by atoms with E-state index in [2.05, 4.69) is 4.52 Å². The highest BCUT2D eigenvalue weighted by Crippen LogP contribution is 2.69. The molecule has 0 aromatic heterocycles. The van der Waals surface area contributed by atoms with Crippen LogP contribution in [0.2, 0.25) is 0 Å². The Hall–Kier alpha value is -1.22. The lowest BCUT2D eigenvalue weighted by Gasteiger charge is -2.62. The SMILES string of the molecule is C[C@]12C=CC(=O)C=C1CC[C@@H]1[C@H]3CC[C@](O)(C(=O)COP(=O)(O)O)[C@@]3(C)C[C@H](O)[C@@]12F. The third kappa shape index (κ3) is 3.01. The van der Waals surface area contributed by atoms with E-state index in [1.807, 2.05) is 0 Å². The highest BCUT2D eigenvalue weighted by atomic mass is 31.2. The number of rotatable bonds is 4. The molecule has 10 heteroatoms. The highest BCUT2D eigenvalue weighted by molar-refractivity contribution is 7.46. The van der Waals surface area contributed by atoms with Gasteiger partial charge in [-0.2, -0.15) is 0 Å². The van der Waals surface area contributed by atoms with Gasteiger partial charge in [-0.25, -0.2) is 8.96 Å². The first-order chi connectivity index (χ1) is 14.2. The van der Waals surface area contributed by atoms with Crippen LogP contribution in [0.4, 0.5) is 4.39 Å². The van der Waals surface area contributed by atoms with Crippen LogP contribution in [-0.2, 0) is 18.7 Å². The summed E-state index contributed by atoms with van der Waals surface area (Å²) < 4.78 is 32.2. The van der Waals surface area contributed by atoms with Gasteiger partial charge in [-0.05, 0) is 57.1 Å². The van der Waals surface area contributed by atoms with E-state index in [1.54, 1.807) is 13.8 Å². The number of halogens is 1. The Bertz CT molecular complexity index is 942. The van der Waals surface area contributed by atoms with Crippen molar-refractivity contribution in [1.82, 2.24) is 0 Å². The van der Waals surface area contributed by atoms with Gasteiger partial charge in [-0.15, -0.1) is 0 Å². The molecular weight excluding hydrogens is 430 g/mol. The van der Waals surface area contributed by atoms with Crippen LogP contribution in [0.1, 0.15) is 46.0 Å². The number of Topliss-reactive ketones (excluding diaryl/α,β-unsaturated/α-hetero) is 1. The minimum Gasteiger partial charge on any atom is -0.390 e. The Labute approximate surface area is 179 Å². The maximum Gasteiger partial charge on any atom is 0.470 e. The summed E-state index contributed by atoms with van der Waals surface area (Å²) >= 11 is 0. The lowest BCUT2D eigenvalue weighted by molar-refractivity contribution is -0.217. The first kappa shape index (κ1) is 23.0. The molecule has 3 saturated carbocycles. The third-order valence-corrected chi connectivity index (χ3v) is 9.08. The van der Waals surface area contributed by atoms with Gasteiger partial charge in [0.1, 0.15) is 12.2 Å². The fraction of sp³-hybridized carbons (Fsp3) is 0.714. The van der Waals surface area contributed by atoms with Crippen molar-refractivity contribution < 1.29 is 43.1 Å². The number of ketones is 2. The minimum atomic E-state index is -4.91. The molecule has 172 valence electrons. The predicted molar refractivity (Wildman–Crippen MR) is 106 cm³/mol. The number of aliphatic hydroxyl groups is 2. The Morgan fingerprint density at radius 3 is 2.61 bits per heavy atom. The second-order valence-corrected chi connectivity index (χ2v) is 11.1. The molecule has 0 aromatic carbocycles. The van der Waals surface area contributed by atoms with Crippen LogP contribution in [0.15, 0.2) is 23.8 Å². The van der Waals surface area contributed by atoms with Crippen LogP contribution in [0.3, 0.4) is 0 Å². The van der Waals surface area contributed by atoms with Crippen LogP contribution >= 0.6 is 7.82 Å². The van der Waals surface area contributed by atoms with Gasteiger partial charge in [0.05, 0.1) is 6.10 Å². The molecule has 0 radical (unpaired) electrons. The smallest absolute Gasteiger partial charge is 0.390 e. The molecule has 0 spiro atoms. The van der Waals surface area contributed by atoms with Crippen molar-refractivity contribution in [3.63, 3.8) is 0 Å². The molecule has 0 bridgehead atoms. The lowest BCUT2D eigenvalue weighted by atomic mass is 9.44. The van der Waals surface area contributed by atoms with E-state index >= 15 is 4.39 Å². The average Bonchev–Trinajstić information content (AvgIpc) is 2.93. The monoisotopic (exact) mass is 458 g/mol. The molecule has 4 rings (SSSR count). The zero-order chi connectivity index (χ0) is 23.0. The number of carbonyl (C=O) groups is 2. The lowest BCUT2D eigenvalue weighted by Crippen LogP contribution is -2.69. The fourth-order valence-electron chi connectivity index (χ4n) is 6.94. The van der Waals surface area contributed by atoms with Gasteiger partial charge >= 0.3 is 7.82 Å². The number of phosphoric ester groups is 1. The third-order valence-electron chi connectivity index (χ3n) is 8.62. The van der Waals surface area contributed by atoms with E-state index < -0.39 is 60.3 Å². The topological polar surface area (TPSA) is 141 Å². The number of allylic oxidation sites excluding steroid dienone is 4. The van der Waals surface area contributed by atoms with Crippen molar-refractivity contribution in [3.8, 4) is 0 Å². The number of aliphatic hydroxyl groups excluding tert-OH is 1. The Morgan fingerprint density at radius 2 is 1.97 bits per heavy atom. The molecule has 31 heavy (non-hydrogen) atoms. The van der Waals surface area contributed by atoms with Crippen molar-refractivity contribution in [3.05, 3.63) is 23.8 Å². The number of hydrogen-bond acceptors (Lipinski definition) is 6. The maximum absolute atomic E-state index is 16.9. The number of carbonyl (C=O) groups excluding carboxylic acids is 2. The van der Waals surface area contributed by atoms with Gasteiger partial charge in [0.15, 0.2) is 17.2 Å². The van der Waals surface area contributed by atoms with E-state index in [1.165, 1.54) is 18.2 Å². The Balaban J connectivity index is 1.70. The highest BCUT2D eigenvalue weighted by Gasteiger charge is 2.74. The van der Waals surface area contributed by atoms with Crippen molar-refractivity contribution in [2.24, 2.45) is 22.7 Å². The molecule has 8 nitrogen and oxygen atoms in total. The number of fused-ring (bicyclic) bond motifs is 5. The summed E-state index contributed by atoms with van der Waals surface area (Å²) in [5.41, 5.74) is -5.78. The summed E-state index contributed by atoms with van der Waals surface area (Å²) in [5, 5.41) is 22.5. The second-order valence-electron chi connectivity index (χ2n) is 9.85. The summed E-state index contributed by atoms with van der Waals surface area (Å²) in [4.78, 5) is 42.5. The van der Waals surface area contributed by atoms with Gasteiger partial charge in [-0.1, -0.05) is 18.6 Å². The summed E-state index contributed by atoms with van der Waals surface area (Å²) in [6.07, 6.45) is 3.73. The van der Waals surface area contributed by atoms with Crippen molar-refractivity contribution in [2.45, 2.75) is 63.3 Å². The molecule has 0 heterocycles. The minimum absolute atomic E-state index is 0.00937. The molecule has 4 N–H and O–H groups in total. The van der Waals surface area contributed by atoms with E-state index in [0.717, 1.165) is 0 Å². The van der Waals surface area contributed by atoms with E-state index in [-0.39, 0.29) is 18.6 Å². The van der Waals surface area contributed by atoms with Crippen LogP contribution in [0.5, 0.6) is 0 Å². The predicted octanol–water partition coefficient (Wildman–Crippen LogP) is 1.77. The number of phosphoric acid groups is 1. The van der Waals surface area contributed by atoms with Crippen LogP contribution < -0.4 is 0 Å². The largest absolute Gasteiger partial charge is 0.470 e. The molecule has 4 aliphatic carbocycles. The summed E-state index contributed by atoms with van der Waals surface area (Å²) in [6, 6.07) is 0. The molecular formula is C21H28FO8P. The van der Waals surface area contributed by atoms with Crippen LogP contribution in [0.25, 0.3) is 0 Å². The molecule has 3 fully saturated rings. The standard InChI is InChI=1S/C21H28FO8P/c1-18-7-5-13(23)9-12(18)3-4-15-14-6-8-20(26,17(25)11-30-31(27,28)29)19(14,2)10-16(24)21(15,18)22/h5,7,9,14-16,24,26H,3-4,6,8,10-11H2,1-2H3,(H2,27,28,29)/t14-,15-,16+,18+,19+,20+,21+/m1/s1. The molecule has 0 amide bonds. The van der Waals surface area contributed by atoms with Gasteiger partial charge in [0, 0.05) is 16.7 Å². The first-order valence-electron chi connectivity index (χ1n) is 10.5. The average molecular weight is 458 g/mol. The van der Waals surface area contributed by atoms with Gasteiger partial charge in [-0.3, -0.25) is 14.1 Å². The zero-order valence-electron chi connectivity index (χ0n) is 17.5. The molecule has 0 aliphatic heterocycles. The van der Waals surface area contributed by atoms with Crippen molar-refractivity contribution >= 4 is 19.4 Å². The van der Waals surface area contributed by atoms with E-state index in [0.29, 0.717) is 24.8 Å². The van der Waals surface area contributed by atoms with Crippen LogP contribution in [-0.4, -0.2) is 55.5 Å². The van der Waals surface area contributed by atoms with Gasteiger partial charge in [0.2, 0.25) is 0 Å². The summed E-state index contributed by atoms with van der Waals surface area (Å²) in [7, 11) is -4.91. The van der Waals surface area contributed by atoms with E-state index in [4.69, 9.17) is 9.79 Å². The summed E-state index contributed by atoms with van der Waals surface area (Å²) in [6.45, 7) is 2.34. The Kier molecular flexibility index (Phi) is 5.10. The molecule has 0 saturated heterocycles. The van der Waals surface area contributed by atoms with Crippen molar-refractivity contribution in [2.75, 3.05) is 6.61 Å². The Morgan fingerprint density at radius 1 is 1.29 bits per heavy atom. The van der Waals surface area contributed by atoms with Crippen molar-refractivity contribution in [1.29, 1.82) is 0 Å². The number of alkyl halides is 1. The second kappa shape index (κ2) is 6.89.